The molecule has 1 saturated heterocycles. The molecule has 5 nitrogen and oxygen atoms in total. The monoisotopic (exact) mass is 299 g/mol. The number of nitrogens with one attached hydrogen (secondary N) is 1. The van der Waals surface area contributed by atoms with Gasteiger partial charge in [0.2, 0.25) is 5.88 Å². The van der Waals surface area contributed by atoms with Gasteiger partial charge in [-0.2, -0.15) is 0 Å². The highest BCUT2D eigenvalue weighted by Crippen LogP contribution is 2.14. The van der Waals surface area contributed by atoms with Crippen LogP contribution in [-0.4, -0.2) is 48.1 Å². The lowest BCUT2D eigenvalue weighted by atomic mass is 10.2. The number of piperazine rings is 1. The predicted molar refractivity (Wildman–Crippen MR) is 80.6 cm³/mol. The summed E-state index contributed by atoms with van der Waals surface area (Å²) < 4.78 is 5.65. The van der Waals surface area contributed by atoms with Crippen LogP contribution in [0.5, 0.6) is 5.88 Å². The molecule has 0 bridgehead atoms. The lowest BCUT2D eigenvalue weighted by molar-refractivity contribution is 0.0734. The zero-order valence-electron chi connectivity index (χ0n) is 12.0. The first-order chi connectivity index (χ1) is 9.20. The van der Waals surface area contributed by atoms with Gasteiger partial charge in [0.15, 0.2) is 0 Å². The van der Waals surface area contributed by atoms with Crippen LogP contribution in [0.1, 0.15) is 30.6 Å². The highest BCUT2D eigenvalue weighted by Gasteiger charge is 2.18. The molecule has 20 heavy (non-hydrogen) atoms. The normalized spacial score (nSPS) is 16.2. The summed E-state index contributed by atoms with van der Waals surface area (Å²) in [6, 6.07) is 3.48. The largest absolute Gasteiger partial charge is 0.475 e. The molecule has 0 aliphatic carbocycles. The van der Waals surface area contributed by atoms with Gasteiger partial charge in [0, 0.05) is 44.0 Å². The lowest BCUT2D eigenvalue weighted by Gasteiger charge is -2.27. The number of ether oxygens (including phenoxy) is 1. The van der Waals surface area contributed by atoms with Crippen molar-refractivity contribution in [2.75, 3.05) is 26.2 Å². The van der Waals surface area contributed by atoms with Crippen LogP contribution < -0.4 is 10.1 Å². The molecule has 2 rings (SSSR count). The summed E-state index contributed by atoms with van der Waals surface area (Å²) in [5.41, 5.74) is 0.648. The van der Waals surface area contributed by atoms with Gasteiger partial charge in [-0.25, -0.2) is 4.98 Å². The average Bonchev–Trinajstić information content (AvgIpc) is 2.47. The summed E-state index contributed by atoms with van der Waals surface area (Å²) in [4.78, 5) is 18.3. The van der Waals surface area contributed by atoms with Crippen LogP contribution >= 0.6 is 12.4 Å². The minimum Gasteiger partial charge on any atom is -0.475 e. The standard InChI is InChI=1S/C14H21N3O2.ClH/c1-3-11(2)19-13-10-12(4-5-16-13)14(18)17-8-6-15-7-9-17;/h4-5,10-11,15H,3,6-9H2,1-2H3;1H. The second kappa shape index (κ2) is 8.07. The van der Waals surface area contributed by atoms with E-state index in [1.165, 1.54) is 0 Å². The van der Waals surface area contributed by atoms with Gasteiger partial charge < -0.3 is 15.0 Å². The molecule has 2 heterocycles. The number of halogens is 1. The van der Waals surface area contributed by atoms with E-state index >= 15 is 0 Å². The number of aromatic nitrogens is 1. The van der Waals surface area contributed by atoms with Crippen molar-refractivity contribution in [3.05, 3.63) is 23.9 Å². The van der Waals surface area contributed by atoms with Crippen molar-refractivity contribution in [2.45, 2.75) is 26.4 Å². The molecular weight excluding hydrogens is 278 g/mol. The minimum atomic E-state index is 0. The first-order valence-electron chi connectivity index (χ1n) is 6.83. The molecule has 1 aromatic rings. The van der Waals surface area contributed by atoms with Crippen molar-refractivity contribution < 1.29 is 9.53 Å². The fourth-order valence-corrected chi connectivity index (χ4v) is 1.95. The Morgan fingerprint density at radius 3 is 2.85 bits per heavy atom. The number of rotatable bonds is 4. The molecule has 1 aliphatic heterocycles. The van der Waals surface area contributed by atoms with Crippen LogP contribution in [-0.2, 0) is 0 Å². The Morgan fingerprint density at radius 2 is 2.20 bits per heavy atom. The van der Waals surface area contributed by atoms with Crippen molar-refractivity contribution in [2.24, 2.45) is 0 Å². The number of pyridine rings is 1. The Balaban J connectivity index is 0.00000200. The Bertz CT molecular complexity index is 436. The molecule has 6 heteroatoms. The van der Waals surface area contributed by atoms with Gasteiger partial charge in [0.25, 0.3) is 5.91 Å². The van der Waals surface area contributed by atoms with Crippen molar-refractivity contribution in [3.63, 3.8) is 0 Å². The van der Waals surface area contributed by atoms with Crippen molar-refractivity contribution in [3.8, 4) is 5.88 Å². The van der Waals surface area contributed by atoms with E-state index in [-0.39, 0.29) is 24.4 Å². The van der Waals surface area contributed by atoms with Gasteiger partial charge in [-0.1, -0.05) is 6.92 Å². The van der Waals surface area contributed by atoms with E-state index in [4.69, 9.17) is 4.74 Å². The van der Waals surface area contributed by atoms with Gasteiger partial charge in [-0.05, 0) is 19.4 Å². The van der Waals surface area contributed by atoms with Crippen LogP contribution in [0, 0.1) is 0 Å². The van der Waals surface area contributed by atoms with Gasteiger partial charge in [-0.15, -0.1) is 12.4 Å². The molecule has 0 aromatic carbocycles. The molecular formula is C14H22ClN3O2. The van der Waals surface area contributed by atoms with E-state index in [1.54, 1.807) is 18.3 Å². The molecule has 1 N–H and O–H groups in total. The van der Waals surface area contributed by atoms with Crippen LogP contribution in [0.2, 0.25) is 0 Å². The highest BCUT2D eigenvalue weighted by atomic mass is 35.5. The summed E-state index contributed by atoms with van der Waals surface area (Å²) in [6.45, 7) is 7.26. The Kier molecular flexibility index (Phi) is 6.75. The van der Waals surface area contributed by atoms with E-state index < -0.39 is 0 Å². The highest BCUT2D eigenvalue weighted by molar-refractivity contribution is 5.94. The molecule has 1 aliphatic rings. The Labute approximate surface area is 126 Å². The zero-order chi connectivity index (χ0) is 13.7. The van der Waals surface area contributed by atoms with Crippen molar-refractivity contribution in [1.82, 2.24) is 15.2 Å². The molecule has 1 atom stereocenters. The maximum absolute atomic E-state index is 12.3. The Hall–Kier alpha value is -1.33. The van der Waals surface area contributed by atoms with Gasteiger partial charge in [-0.3, -0.25) is 4.79 Å². The molecule has 0 radical (unpaired) electrons. The summed E-state index contributed by atoms with van der Waals surface area (Å²) in [7, 11) is 0. The summed E-state index contributed by atoms with van der Waals surface area (Å²) in [5.74, 6) is 0.577. The van der Waals surface area contributed by atoms with E-state index in [0.717, 1.165) is 32.6 Å². The smallest absolute Gasteiger partial charge is 0.254 e. The maximum Gasteiger partial charge on any atom is 0.254 e. The maximum atomic E-state index is 12.3. The van der Waals surface area contributed by atoms with Gasteiger partial charge in [0.1, 0.15) is 0 Å². The van der Waals surface area contributed by atoms with Crippen LogP contribution in [0.15, 0.2) is 18.3 Å². The molecule has 1 unspecified atom stereocenters. The minimum absolute atomic E-state index is 0. The molecule has 1 fully saturated rings. The summed E-state index contributed by atoms with van der Waals surface area (Å²) >= 11 is 0. The SMILES string of the molecule is CCC(C)Oc1cc(C(=O)N2CCNCC2)ccn1.Cl. The first kappa shape index (κ1) is 16.7. The number of carbonyl (C=O) groups is 1. The van der Waals surface area contributed by atoms with Crippen LogP contribution in [0.25, 0.3) is 0 Å². The van der Waals surface area contributed by atoms with Crippen molar-refractivity contribution in [1.29, 1.82) is 0 Å². The zero-order valence-corrected chi connectivity index (χ0v) is 12.8. The van der Waals surface area contributed by atoms with Crippen LogP contribution in [0.3, 0.4) is 0 Å². The van der Waals surface area contributed by atoms with E-state index in [9.17, 15) is 4.79 Å². The quantitative estimate of drug-likeness (QED) is 0.920. The summed E-state index contributed by atoms with van der Waals surface area (Å²) in [6.07, 6.45) is 2.65. The third kappa shape index (κ3) is 4.35. The number of hydrogen-bond donors (Lipinski definition) is 1. The van der Waals surface area contributed by atoms with Crippen LogP contribution in [0.4, 0.5) is 0 Å². The third-order valence-electron chi connectivity index (χ3n) is 3.28. The summed E-state index contributed by atoms with van der Waals surface area (Å²) in [5, 5.41) is 3.24. The first-order valence-corrected chi connectivity index (χ1v) is 6.83. The molecule has 1 amide bonds. The predicted octanol–water partition coefficient (Wildman–Crippen LogP) is 1.73. The number of hydrogen-bond acceptors (Lipinski definition) is 4. The third-order valence-corrected chi connectivity index (χ3v) is 3.28. The van der Waals surface area contributed by atoms with Gasteiger partial charge in [0.05, 0.1) is 6.10 Å². The number of nitrogens with zero attached hydrogens (tertiary/aromatic N) is 2. The molecule has 112 valence electrons. The van der Waals surface area contributed by atoms with E-state index in [0.29, 0.717) is 11.4 Å². The Morgan fingerprint density at radius 1 is 1.50 bits per heavy atom. The van der Waals surface area contributed by atoms with Crippen molar-refractivity contribution >= 4 is 18.3 Å². The molecule has 0 spiro atoms. The van der Waals surface area contributed by atoms with Gasteiger partial charge >= 0.3 is 0 Å². The second-order valence-electron chi connectivity index (χ2n) is 4.76. The molecule has 0 saturated carbocycles. The fraction of sp³-hybridized carbons (Fsp3) is 0.571. The average molecular weight is 300 g/mol. The topological polar surface area (TPSA) is 54.5 Å². The fourth-order valence-electron chi connectivity index (χ4n) is 1.95. The second-order valence-corrected chi connectivity index (χ2v) is 4.76. The number of carbonyl (C=O) groups excluding carboxylic acids is 1. The van der Waals surface area contributed by atoms with E-state index in [1.807, 2.05) is 11.8 Å². The lowest BCUT2D eigenvalue weighted by Crippen LogP contribution is -2.46. The number of amides is 1. The molecule has 1 aromatic heterocycles. The van der Waals surface area contributed by atoms with E-state index in [2.05, 4.69) is 17.2 Å².